The maximum absolute atomic E-state index is 13.3. The Labute approximate surface area is 205 Å². The minimum absolute atomic E-state index is 0.158. The molecule has 3 aromatic carbocycles. The fourth-order valence-electron chi connectivity index (χ4n) is 3.79. The Morgan fingerprint density at radius 2 is 1.81 bits per heavy atom. The third-order valence-corrected chi connectivity index (χ3v) is 5.62. The highest BCUT2D eigenvalue weighted by atomic mass is 19.1. The van der Waals surface area contributed by atoms with Gasteiger partial charge in [0, 0.05) is 18.2 Å². The third-order valence-electron chi connectivity index (χ3n) is 5.62. The Morgan fingerprint density at radius 3 is 2.67 bits per heavy atom. The monoisotopic (exact) mass is 492 g/mol. The lowest BCUT2D eigenvalue weighted by Gasteiger charge is -2.29. The molecule has 1 N–H and O–H groups in total. The number of fused-ring (bicyclic) bond motifs is 2. The highest BCUT2D eigenvalue weighted by molar-refractivity contribution is 6.04. The number of benzene rings is 3. The summed E-state index contributed by atoms with van der Waals surface area (Å²) in [6.45, 7) is -0.412. The summed E-state index contributed by atoms with van der Waals surface area (Å²) in [5.41, 5.74) is 1.38. The van der Waals surface area contributed by atoms with Gasteiger partial charge in [0.2, 0.25) is 12.7 Å². The molecule has 2 amide bonds. The normalized spacial score (nSPS) is 13.6. The zero-order valence-corrected chi connectivity index (χ0v) is 19.0. The van der Waals surface area contributed by atoms with Gasteiger partial charge in [-0.1, -0.05) is 12.1 Å². The molecule has 2 heterocycles. The average Bonchev–Trinajstić information content (AvgIpc) is 3.35. The topological polar surface area (TPSA) is 103 Å². The second kappa shape index (κ2) is 9.95. The molecule has 36 heavy (non-hydrogen) atoms. The van der Waals surface area contributed by atoms with Crippen LogP contribution in [0.25, 0.3) is 0 Å². The Balaban J connectivity index is 1.24. The van der Waals surface area contributed by atoms with Crippen LogP contribution in [0.2, 0.25) is 0 Å². The number of halogens is 1. The van der Waals surface area contributed by atoms with E-state index in [0.717, 1.165) is 5.56 Å². The van der Waals surface area contributed by atoms with E-state index in [2.05, 4.69) is 5.32 Å². The molecule has 2 aliphatic rings. The van der Waals surface area contributed by atoms with E-state index >= 15 is 0 Å². The number of rotatable bonds is 8. The number of amides is 2. The van der Waals surface area contributed by atoms with E-state index in [1.54, 1.807) is 30.3 Å². The second-order valence-electron chi connectivity index (χ2n) is 8.08. The van der Waals surface area contributed by atoms with Gasteiger partial charge in [-0.25, -0.2) is 4.39 Å². The number of nitrogens with zero attached hydrogens (tertiary/aromatic N) is 1. The molecular formula is C26H21FN2O7. The predicted molar refractivity (Wildman–Crippen MR) is 125 cm³/mol. The van der Waals surface area contributed by atoms with Gasteiger partial charge >= 0.3 is 0 Å². The average molecular weight is 492 g/mol. The molecule has 0 fully saturated rings. The van der Waals surface area contributed by atoms with Crippen LogP contribution < -0.4 is 29.2 Å². The Kier molecular flexibility index (Phi) is 6.40. The van der Waals surface area contributed by atoms with Crippen LogP contribution in [-0.2, 0) is 16.1 Å². The first kappa shape index (κ1) is 23.2. The van der Waals surface area contributed by atoms with E-state index < -0.39 is 11.7 Å². The summed E-state index contributed by atoms with van der Waals surface area (Å²) in [6.07, 6.45) is 0. The second-order valence-corrected chi connectivity index (χ2v) is 8.08. The van der Waals surface area contributed by atoms with Crippen LogP contribution in [0.4, 0.5) is 10.1 Å². The maximum Gasteiger partial charge on any atom is 0.265 e. The summed E-state index contributed by atoms with van der Waals surface area (Å²) in [5.74, 6) is 0.191. The molecule has 2 aliphatic heterocycles. The highest BCUT2D eigenvalue weighted by Gasteiger charge is 2.28. The zero-order chi connectivity index (χ0) is 25.1. The van der Waals surface area contributed by atoms with E-state index in [1.807, 2.05) is 6.07 Å². The largest absolute Gasteiger partial charge is 0.485 e. The summed E-state index contributed by atoms with van der Waals surface area (Å²) in [7, 11) is 0. The van der Waals surface area contributed by atoms with Crippen LogP contribution in [0.15, 0.2) is 60.7 Å². The number of hydrogen-bond donors (Lipinski definition) is 1. The van der Waals surface area contributed by atoms with Gasteiger partial charge in [0.15, 0.2) is 30.5 Å². The number of anilines is 1. The molecule has 0 aliphatic carbocycles. The van der Waals surface area contributed by atoms with Crippen LogP contribution in [0.3, 0.4) is 0 Å². The van der Waals surface area contributed by atoms with E-state index in [0.29, 0.717) is 22.9 Å². The first-order valence-corrected chi connectivity index (χ1v) is 11.1. The van der Waals surface area contributed by atoms with Crippen molar-refractivity contribution in [3.05, 3.63) is 77.6 Å². The smallest absolute Gasteiger partial charge is 0.265 e. The van der Waals surface area contributed by atoms with Gasteiger partial charge in [-0.3, -0.25) is 19.3 Å². The van der Waals surface area contributed by atoms with Gasteiger partial charge in [0.1, 0.15) is 23.9 Å². The fourth-order valence-corrected chi connectivity index (χ4v) is 3.79. The molecule has 184 valence electrons. The number of ether oxygens (including phenoxy) is 4. The molecule has 0 bridgehead atoms. The first-order chi connectivity index (χ1) is 17.5. The molecule has 0 atom stereocenters. The van der Waals surface area contributed by atoms with E-state index in [1.165, 1.54) is 29.2 Å². The molecule has 0 aromatic heterocycles. The number of carbonyl (C=O) groups excluding carboxylic acids is 3. The lowest BCUT2D eigenvalue weighted by atomic mass is 10.1. The summed E-state index contributed by atoms with van der Waals surface area (Å²) >= 11 is 0. The van der Waals surface area contributed by atoms with Crippen molar-refractivity contribution < 1.29 is 37.7 Å². The summed E-state index contributed by atoms with van der Waals surface area (Å²) in [4.78, 5) is 39.2. The maximum atomic E-state index is 13.3. The van der Waals surface area contributed by atoms with Crippen LogP contribution in [0.5, 0.6) is 23.0 Å². The number of hydrogen-bond acceptors (Lipinski definition) is 7. The summed E-state index contributed by atoms with van der Waals surface area (Å²) in [5, 5.41) is 2.78. The molecule has 0 saturated carbocycles. The van der Waals surface area contributed by atoms with Crippen molar-refractivity contribution >= 4 is 23.3 Å². The minimum atomic E-state index is -0.475. The SMILES string of the molecule is O=C(CN1C(=O)COc2ccc(C(=O)COc3cccc(F)c3)cc21)NCc1ccc2c(c1)OCO2. The zero-order valence-electron chi connectivity index (χ0n) is 19.0. The molecular weight excluding hydrogens is 471 g/mol. The van der Waals surface area contributed by atoms with Crippen molar-refractivity contribution in [1.29, 1.82) is 0 Å². The predicted octanol–water partition coefficient (Wildman–Crippen LogP) is 2.86. The van der Waals surface area contributed by atoms with Crippen molar-refractivity contribution in [2.75, 3.05) is 31.5 Å². The fraction of sp³-hybridized carbons (Fsp3) is 0.192. The third kappa shape index (κ3) is 5.07. The molecule has 0 unspecified atom stereocenters. The molecule has 9 nitrogen and oxygen atoms in total. The standard InChI is InChI=1S/C26H21FN2O7/c27-18-2-1-3-19(10-18)33-13-21(30)17-5-7-22-20(9-17)29(26(32)14-34-22)12-25(31)28-11-16-4-6-23-24(8-16)36-15-35-23/h1-10H,11-15H2,(H,28,31). The van der Waals surface area contributed by atoms with Gasteiger partial charge in [0.25, 0.3) is 5.91 Å². The van der Waals surface area contributed by atoms with Crippen molar-refractivity contribution in [2.24, 2.45) is 0 Å². The van der Waals surface area contributed by atoms with Crippen LogP contribution >= 0.6 is 0 Å². The van der Waals surface area contributed by atoms with E-state index in [9.17, 15) is 18.8 Å². The summed E-state index contributed by atoms with van der Waals surface area (Å²) in [6, 6.07) is 15.4. The van der Waals surface area contributed by atoms with Gasteiger partial charge in [-0.15, -0.1) is 0 Å². The Morgan fingerprint density at radius 1 is 0.972 bits per heavy atom. The van der Waals surface area contributed by atoms with Crippen molar-refractivity contribution in [3.63, 3.8) is 0 Å². The Hall–Kier alpha value is -4.60. The number of carbonyl (C=O) groups is 3. The lowest BCUT2D eigenvalue weighted by Crippen LogP contribution is -2.45. The van der Waals surface area contributed by atoms with Crippen molar-refractivity contribution in [2.45, 2.75) is 6.54 Å². The molecule has 0 saturated heterocycles. The molecule has 10 heteroatoms. The Bertz CT molecular complexity index is 1340. The van der Waals surface area contributed by atoms with E-state index in [4.69, 9.17) is 18.9 Å². The van der Waals surface area contributed by atoms with Gasteiger partial charge < -0.3 is 24.3 Å². The molecule has 0 spiro atoms. The minimum Gasteiger partial charge on any atom is -0.485 e. The summed E-state index contributed by atoms with van der Waals surface area (Å²) < 4.78 is 34.8. The highest BCUT2D eigenvalue weighted by Crippen LogP contribution is 2.34. The van der Waals surface area contributed by atoms with Crippen molar-refractivity contribution in [3.8, 4) is 23.0 Å². The quantitative estimate of drug-likeness (QED) is 0.483. The van der Waals surface area contributed by atoms with Crippen LogP contribution in [-0.4, -0.2) is 44.1 Å². The number of Topliss-reactive ketones (excluding diaryl/α,β-unsaturated/α-hetero) is 1. The van der Waals surface area contributed by atoms with E-state index in [-0.39, 0.29) is 56.1 Å². The number of nitrogens with one attached hydrogen (secondary N) is 1. The van der Waals surface area contributed by atoms with Crippen LogP contribution in [0.1, 0.15) is 15.9 Å². The molecule has 0 radical (unpaired) electrons. The van der Waals surface area contributed by atoms with Gasteiger partial charge in [0.05, 0.1) is 5.69 Å². The van der Waals surface area contributed by atoms with Crippen molar-refractivity contribution in [1.82, 2.24) is 5.32 Å². The molecule has 3 aromatic rings. The lowest BCUT2D eigenvalue weighted by molar-refractivity contribution is -0.125. The van der Waals surface area contributed by atoms with Gasteiger partial charge in [-0.05, 0) is 48.0 Å². The number of ketones is 1. The van der Waals surface area contributed by atoms with Crippen LogP contribution in [0, 0.1) is 5.82 Å². The molecule has 5 rings (SSSR count). The van der Waals surface area contributed by atoms with Gasteiger partial charge in [-0.2, -0.15) is 0 Å². The first-order valence-electron chi connectivity index (χ1n) is 11.1.